The van der Waals surface area contributed by atoms with Crippen LogP contribution in [0.4, 0.5) is 5.69 Å². The molecule has 3 aromatic rings. The Morgan fingerprint density at radius 1 is 0.824 bits per heavy atom. The number of carboxylic acids is 1. The summed E-state index contributed by atoms with van der Waals surface area (Å²) in [4.78, 5) is 11.7. The minimum atomic E-state index is -3.86. The van der Waals surface area contributed by atoms with Crippen LogP contribution in [-0.2, 0) is 22.9 Å². The molecule has 0 aliphatic carbocycles. The first-order chi connectivity index (χ1) is 16.3. The molecule has 0 aromatic heterocycles. The number of hydrogen-bond donors (Lipinski definition) is 3. The first-order valence-corrected chi connectivity index (χ1v) is 12.2. The normalized spacial score (nSPS) is 11.1. The van der Waals surface area contributed by atoms with Gasteiger partial charge >= 0.3 is 5.97 Å². The Balaban J connectivity index is 1.62. The Kier molecular flexibility index (Phi) is 8.50. The molecule has 0 saturated carbocycles. The van der Waals surface area contributed by atoms with E-state index in [2.05, 4.69) is 10.0 Å². The van der Waals surface area contributed by atoms with Crippen molar-refractivity contribution in [2.45, 2.75) is 17.7 Å². The van der Waals surface area contributed by atoms with Gasteiger partial charge in [-0.2, -0.15) is 0 Å². The molecule has 0 fully saturated rings. The molecule has 0 saturated heterocycles. The van der Waals surface area contributed by atoms with Crippen molar-refractivity contribution in [3.8, 4) is 11.5 Å². The molecule has 3 aromatic carbocycles. The van der Waals surface area contributed by atoms with E-state index < -0.39 is 16.0 Å². The lowest BCUT2D eigenvalue weighted by atomic mass is 10.1. The fourth-order valence-corrected chi connectivity index (χ4v) is 4.42. The molecule has 34 heavy (non-hydrogen) atoms. The fourth-order valence-electron chi connectivity index (χ4n) is 3.36. The second-order valence-electron chi connectivity index (χ2n) is 7.53. The Morgan fingerprint density at radius 3 is 1.85 bits per heavy atom. The quantitative estimate of drug-likeness (QED) is 0.360. The molecule has 0 radical (unpaired) electrons. The summed E-state index contributed by atoms with van der Waals surface area (Å²) >= 11 is 0. The molecule has 0 unspecified atom stereocenters. The van der Waals surface area contributed by atoms with Gasteiger partial charge in [-0.1, -0.05) is 24.3 Å². The van der Waals surface area contributed by atoms with Gasteiger partial charge in [-0.05, 0) is 66.4 Å². The summed E-state index contributed by atoms with van der Waals surface area (Å²) in [5.74, 6) is 0.282. The average molecular weight is 485 g/mol. The van der Waals surface area contributed by atoms with Gasteiger partial charge in [0.15, 0.2) is 0 Å². The maximum atomic E-state index is 12.7. The second kappa shape index (κ2) is 11.5. The van der Waals surface area contributed by atoms with Crippen LogP contribution in [0.15, 0.2) is 71.6 Å². The predicted molar refractivity (Wildman–Crippen MR) is 130 cm³/mol. The zero-order valence-corrected chi connectivity index (χ0v) is 19.9. The molecular formula is C25H28N2O6S. The molecule has 0 heterocycles. The van der Waals surface area contributed by atoms with E-state index in [9.17, 15) is 18.3 Å². The Morgan fingerprint density at radius 2 is 1.35 bits per heavy atom. The Labute approximate surface area is 199 Å². The molecule has 180 valence electrons. The molecule has 8 nitrogen and oxygen atoms in total. The van der Waals surface area contributed by atoms with Crippen molar-refractivity contribution < 1.29 is 27.8 Å². The topological polar surface area (TPSA) is 114 Å². The number of carboxylic acid groups (broad SMARTS) is 1. The summed E-state index contributed by atoms with van der Waals surface area (Å²) in [5, 5.41) is 12.7. The number of hydrogen-bond acceptors (Lipinski definition) is 6. The SMILES string of the molecule is COc1ccc(CCNc2ccc(S(=O)(=O)NCCc3ccc(OC)cc3)cc2C(=O)O)cc1. The second-order valence-corrected chi connectivity index (χ2v) is 9.30. The third-order valence-corrected chi connectivity index (χ3v) is 6.74. The zero-order valence-electron chi connectivity index (χ0n) is 19.1. The number of benzene rings is 3. The Hall–Kier alpha value is -3.56. The highest BCUT2D eigenvalue weighted by Crippen LogP contribution is 2.21. The average Bonchev–Trinajstić information content (AvgIpc) is 2.84. The largest absolute Gasteiger partial charge is 0.497 e. The van der Waals surface area contributed by atoms with Crippen LogP contribution in [0.3, 0.4) is 0 Å². The van der Waals surface area contributed by atoms with Gasteiger partial charge in [0.25, 0.3) is 0 Å². The summed E-state index contributed by atoms with van der Waals surface area (Å²) < 4.78 is 38.2. The van der Waals surface area contributed by atoms with E-state index in [1.807, 2.05) is 48.5 Å². The van der Waals surface area contributed by atoms with E-state index in [4.69, 9.17) is 9.47 Å². The first-order valence-electron chi connectivity index (χ1n) is 10.7. The third kappa shape index (κ3) is 6.72. The lowest BCUT2D eigenvalue weighted by Crippen LogP contribution is -2.26. The molecular weight excluding hydrogens is 456 g/mol. The van der Waals surface area contributed by atoms with E-state index in [1.165, 1.54) is 18.2 Å². The number of sulfonamides is 1. The van der Waals surface area contributed by atoms with Gasteiger partial charge in [0.2, 0.25) is 10.0 Å². The number of aromatic carboxylic acids is 1. The molecule has 3 rings (SSSR count). The fraction of sp³-hybridized carbons (Fsp3) is 0.240. The maximum absolute atomic E-state index is 12.7. The van der Waals surface area contributed by atoms with Gasteiger partial charge in [0.1, 0.15) is 11.5 Å². The van der Waals surface area contributed by atoms with E-state index in [-0.39, 0.29) is 17.0 Å². The number of carbonyl (C=O) groups is 1. The smallest absolute Gasteiger partial charge is 0.337 e. The summed E-state index contributed by atoms with van der Waals surface area (Å²) in [6.07, 6.45) is 1.15. The van der Waals surface area contributed by atoms with Crippen LogP contribution in [0.1, 0.15) is 21.5 Å². The minimum Gasteiger partial charge on any atom is -0.497 e. The van der Waals surface area contributed by atoms with Gasteiger partial charge in [0, 0.05) is 18.8 Å². The number of nitrogens with one attached hydrogen (secondary N) is 2. The van der Waals surface area contributed by atoms with Crippen molar-refractivity contribution >= 4 is 21.7 Å². The number of anilines is 1. The van der Waals surface area contributed by atoms with Gasteiger partial charge in [-0.25, -0.2) is 17.9 Å². The van der Waals surface area contributed by atoms with Gasteiger partial charge in [-0.3, -0.25) is 0 Å². The number of rotatable bonds is 12. The number of methoxy groups -OCH3 is 2. The van der Waals surface area contributed by atoms with E-state index in [0.29, 0.717) is 25.1 Å². The summed E-state index contributed by atoms with van der Waals surface area (Å²) in [6, 6.07) is 19.0. The van der Waals surface area contributed by atoms with Crippen molar-refractivity contribution in [3.05, 3.63) is 83.4 Å². The first kappa shape index (κ1) is 25.1. The highest BCUT2D eigenvalue weighted by atomic mass is 32.2. The van der Waals surface area contributed by atoms with E-state index >= 15 is 0 Å². The lowest BCUT2D eigenvalue weighted by molar-refractivity contribution is 0.0697. The van der Waals surface area contributed by atoms with Crippen molar-refractivity contribution in [1.29, 1.82) is 0 Å². The molecule has 0 amide bonds. The van der Waals surface area contributed by atoms with Crippen LogP contribution in [0.2, 0.25) is 0 Å². The van der Waals surface area contributed by atoms with Crippen LogP contribution in [0.25, 0.3) is 0 Å². The maximum Gasteiger partial charge on any atom is 0.337 e. The molecule has 0 spiro atoms. The zero-order chi connectivity index (χ0) is 24.6. The van der Waals surface area contributed by atoms with Crippen LogP contribution in [0, 0.1) is 0 Å². The summed E-state index contributed by atoms with van der Waals surface area (Å²) in [6.45, 7) is 0.664. The molecule has 0 atom stereocenters. The standard InChI is InChI=1S/C25H28N2O6S/c1-32-20-7-3-18(4-8-20)13-15-26-24-12-11-22(17-23(24)25(28)29)34(30,31)27-16-14-19-5-9-21(33-2)10-6-19/h3-12,17,26-27H,13-16H2,1-2H3,(H,28,29). The van der Waals surface area contributed by atoms with Crippen molar-refractivity contribution in [1.82, 2.24) is 4.72 Å². The van der Waals surface area contributed by atoms with Crippen LogP contribution in [0.5, 0.6) is 11.5 Å². The van der Waals surface area contributed by atoms with Gasteiger partial charge < -0.3 is 19.9 Å². The highest BCUT2D eigenvalue weighted by molar-refractivity contribution is 7.89. The summed E-state index contributed by atoms with van der Waals surface area (Å²) in [5.41, 5.74) is 2.27. The number of ether oxygens (including phenoxy) is 2. The van der Waals surface area contributed by atoms with Gasteiger partial charge in [0.05, 0.1) is 24.7 Å². The van der Waals surface area contributed by atoms with Crippen molar-refractivity contribution in [2.75, 3.05) is 32.6 Å². The summed E-state index contributed by atoms with van der Waals surface area (Å²) in [7, 11) is -0.683. The van der Waals surface area contributed by atoms with Crippen molar-refractivity contribution in [3.63, 3.8) is 0 Å². The van der Waals surface area contributed by atoms with E-state index in [1.54, 1.807) is 14.2 Å². The van der Waals surface area contributed by atoms with Crippen LogP contribution >= 0.6 is 0 Å². The lowest BCUT2D eigenvalue weighted by Gasteiger charge is -2.13. The minimum absolute atomic E-state index is 0.0969. The molecule has 0 aliphatic heterocycles. The van der Waals surface area contributed by atoms with Crippen molar-refractivity contribution in [2.24, 2.45) is 0 Å². The van der Waals surface area contributed by atoms with Crippen LogP contribution in [-0.4, -0.2) is 46.8 Å². The molecule has 0 bridgehead atoms. The predicted octanol–water partition coefficient (Wildman–Crippen LogP) is 3.58. The highest BCUT2D eigenvalue weighted by Gasteiger charge is 2.18. The molecule has 0 aliphatic rings. The Bertz CT molecular complexity index is 1210. The molecule has 9 heteroatoms. The van der Waals surface area contributed by atoms with Crippen LogP contribution < -0.4 is 19.5 Å². The monoisotopic (exact) mass is 484 g/mol. The van der Waals surface area contributed by atoms with E-state index in [0.717, 1.165) is 22.6 Å². The van der Waals surface area contributed by atoms with Gasteiger partial charge in [-0.15, -0.1) is 0 Å². The molecule has 3 N–H and O–H groups in total. The third-order valence-electron chi connectivity index (χ3n) is 5.28.